The van der Waals surface area contributed by atoms with Crippen molar-refractivity contribution in [3.05, 3.63) is 0 Å². The largest absolute Gasteiger partial charge is 0.396 e. The van der Waals surface area contributed by atoms with Gasteiger partial charge in [0, 0.05) is 12.0 Å². The number of ether oxygens (including phenoxy) is 1. The summed E-state index contributed by atoms with van der Waals surface area (Å²) in [4.78, 5) is 0. The molecule has 0 aromatic carbocycles. The summed E-state index contributed by atoms with van der Waals surface area (Å²) in [5.74, 6) is 1.99. The Kier molecular flexibility index (Phi) is 1.58. The van der Waals surface area contributed by atoms with E-state index in [0.29, 0.717) is 30.0 Å². The number of fused-ring (bicyclic) bond motifs is 1. The lowest BCUT2D eigenvalue weighted by molar-refractivity contribution is 0.0530. The highest BCUT2D eigenvalue weighted by Gasteiger charge is 2.65. The van der Waals surface area contributed by atoms with E-state index in [-0.39, 0.29) is 0 Å². The normalized spacial score (nSPS) is 57.7. The molecule has 0 spiro atoms. The molecule has 0 unspecified atom stereocenters. The SMILES string of the molecule is CC[C@@]12C[C@@H]3C[C@@H]1OC[C@@H]2[C@@H]3CO. The van der Waals surface area contributed by atoms with E-state index in [2.05, 4.69) is 6.92 Å². The van der Waals surface area contributed by atoms with Crippen molar-refractivity contribution in [2.24, 2.45) is 23.2 Å². The van der Waals surface area contributed by atoms with Crippen LogP contribution in [0, 0.1) is 23.2 Å². The first-order valence-corrected chi connectivity index (χ1v) is 5.54. The zero-order chi connectivity index (χ0) is 9.05. The average Bonchev–Trinajstić information content (AvgIpc) is 2.68. The van der Waals surface area contributed by atoms with Crippen LogP contribution >= 0.6 is 0 Å². The Morgan fingerprint density at radius 3 is 3.08 bits per heavy atom. The van der Waals surface area contributed by atoms with Crippen molar-refractivity contribution >= 4 is 0 Å². The molecule has 2 nitrogen and oxygen atoms in total. The molecule has 1 saturated heterocycles. The molecular weight excluding hydrogens is 164 g/mol. The molecule has 3 rings (SSSR count). The molecule has 3 aliphatic rings. The van der Waals surface area contributed by atoms with Crippen LogP contribution in [0.1, 0.15) is 26.2 Å². The lowest BCUT2D eigenvalue weighted by Gasteiger charge is -2.34. The Balaban J connectivity index is 1.98. The van der Waals surface area contributed by atoms with Crippen molar-refractivity contribution in [2.75, 3.05) is 13.2 Å². The zero-order valence-corrected chi connectivity index (χ0v) is 8.20. The van der Waals surface area contributed by atoms with Crippen molar-refractivity contribution < 1.29 is 9.84 Å². The lowest BCUT2D eigenvalue weighted by Crippen LogP contribution is -2.35. The number of aliphatic hydroxyl groups is 1. The molecular formula is C11H18O2. The Labute approximate surface area is 79.3 Å². The molecule has 2 heteroatoms. The Hall–Kier alpha value is -0.0800. The number of aliphatic hydroxyl groups excluding tert-OH is 1. The van der Waals surface area contributed by atoms with Gasteiger partial charge in [-0.05, 0) is 37.0 Å². The lowest BCUT2D eigenvalue weighted by atomic mass is 9.70. The molecule has 2 aliphatic carbocycles. The van der Waals surface area contributed by atoms with Crippen LogP contribution in [-0.2, 0) is 4.74 Å². The van der Waals surface area contributed by atoms with E-state index in [0.717, 1.165) is 12.5 Å². The molecule has 1 heterocycles. The molecule has 74 valence electrons. The van der Waals surface area contributed by atoms with Gasteiger partial charge in [-0.2, -0.15) is 0 Å². The van der Waals surface area contributed by atoms with E-state index in [1.165, 1.54) is 19.3 Å². The van der Waals surface area contributed by atoms with Crippen LogP contribution in [0.4, 0.5) is 0 Å². The highest BCUT2D eigenvalue weighted by Crippen LogP contribution is 2.66. The third kappa shape index (κ3) is 0.774. The van der Waals surface area contributed by atoms with Crippen LogP contribution < -0.4 is 0 Å². The topological polar surface area (TPSA) is 29.5 Å². The second-order valence-corrected chi connectivity index (χ2v) is 5.06. The van der Waals surface area contributed by atoms with Crippen molar-refractivity contribution in [1.82, 2.24) is 0 Å². The van der Waals surface area contributed by atoms with Gasteiger partial charge >= 0.3 is 0 Å². The highest BCUT2D eigenvalue weighted by molar-refractivity contribution is 5.13. The molecule has 3 fully saturated rings. The van der Waals surface area contributed by atoms with Crippen LogP contribution in [-0.4, -0.2) is 24.4 Å². The summed E-state index contributed by atoms with van der Waals surface area (Å²) in [5, 5.41) is 9.36. The minimum absolute atomic E-state index is 0.382. The highest BCUT2D eigenvalue weighted by atomic mass is 16.5. The van der Waals surface area contributed by atoms with Gasteiger partial charge in [0.1, 0.15) is 0 Å². The molecule has 1 N–H and O–H groups in total. The van der Waals surface area contributed by atoms with Crippen molar-refractivity contribution in [1.29, 1.82) is 0 Å². The standard InChI is InChI=1S/C11H18O2/c1-2-11-4-7-3-10(11)13-6-9(11)8(7)5-12/h7-10,12H,2-6H2,1H3/t7-,8+,9+,10-,11-/m0/s1. The van der Waals surface area contributed by atoms with Gasteiger partial charge in [0.25, 0.3) is 0 Å². The van der Waals surface area contributed by atoms with Crippen LogP contribution in [0.2, 0.25) is 0 Å². The Morgan fingerprint density at radius 1 is 1.54 bits per heavy atom. The molecule has 0 amide bonds. The van der Waals surface area contributed by atoms with Crippen LogP contribution in [0.15, 0.2) is 0 Å². The summed E-state index contributed by atoms with van der Waals surface area (Å²) >= 11 is 0. The van der Waals surface area contributed by atoms with Crippen LogP contribution in [0.3, 0.4) is 0 Å². The third-order valence-corrected chi connectivity index (χ3v) is 5.01. The third-order valence-electron chi connectivity index (χ3n) is 5.01. The minimum atomic E-state index is 0.382. The second kappa shape index (κ2) is 2.48. The number of hydrogen-bond donors (Lipinski definition) is 1. The maximum atomic E-state index is 9.36. The average molecular weight is 182 g/mol. The van der Waals surface area contributed by atoms with Gasteiger partial charge in [-0.25, -0.2) is 0 Å². The van der Waals surface area contributed by atoms with Crippen molar-refractivity contribution in [3.8, 4) is 0 Å². The molecule has 0 aromatic heterocycles. The minimum Gasteiger partial charge on any atom is -0.396 e. The molecule has 2 bridgehead atoms. The predicted octanol–water partition coefficient (Wildman–Crippen LogP) is 1.43. The Bertz CT molecular complexity index is 228. The van der Waals surface area contributed by atoms with Gasteiger partial charge in [-0.3, -0.25) is 0 Å². The van der Waals surface area contributed by atoms with Crippen LogP contribution in [0.25, 0.3) is 0 Å². The number of hydrogen-bond acceptors (Lipinski definition) is 2. The molecule has 0 radical (unpaired) electrons. The molecule has 13 heavy (non-hydrogen) atoms. The van der Waals surface area contributed by atoms with E-state index >= 15 is 0 Å². The van der Waals surface area contributed by atoms with E-state index in [9.17, 15) is 5.11 Å². The first-order valence-electron chi connectivity index (χ1n) is 5.54. The quantitative estimate of drug-likeness (QED) is 0.700. The van der Waals surface area contributed by atoms with Crippen LogP contribution in [0.5, 0.6) is 0 Å². The first-order chi connectivity index (χ1) is 6.31. The summed E-state index contributed by atoms with van der Waals surface area (Å²) in [6, 6.07) is 0. The summed E-state index contributed by atoms with van der Waals surface area (Å²) < 4.78 is 5.85. The van der Waals surface area contributed by atoms with Gasteiger partial charge in [0.15, 0.2) is 0 Å². The fourth-order valence-electron chi connectivity index (χ4n) is 4.34. The monoisotopic (exact) mass is 182 g/mol. The van der Waals surface area contributed by atoms with Crippen molar-refractivity contribution in [2.45, 2.75) is 32.3 Å². The van der Waals surface area contributed by atoms with Gasteiger partial charge < -0.3 is 9.84 Å². The molecule has 1 aliphatic heterocycles. The van der Waals surface area contributed by atoms with Gasteiger partial charge in [0.05, 0.1) is 12.7 Å². The maximum Gasteiger partial charge on any atom is 0.0637 e. The summed E-state index contributed by atoms with van der Waals surface area (Å²) in [5.41, 5.74) is 0.470. The van der Waals surface area contributed by atoms with E-state index < -0.39 is 0 Å². The Morgan fingerprint density at radius 2 is 2.38 bits per heavy atom. The summed E-state index contributed by atoms with van der Waals surface area (Å²) in [6.45, 7) is 3.59. The number of rotatable bonds is 2. The fourth-order valence-corrected chi connectivity index (χ4v) is 4.34. The van der Waals surface area contributed by atoms with Gasteiger partial charge in [-0.1, -0.05) is 6.92 Å². The summed E-state index contributed by atoms with van der Waals surface area (Å²) in [6.07, 6.45) is 4.32. The zero-order valence-electron chi connectivity index (χ0n) is 8.20. The van der Waals surface area contributed by atoms with E-state index in [1.807, 2.05) is 0 Å². The first kappa shape index (κ1) is 8.25. The van der Waals surface area contributed by atoms with Gasteiger partial charge in [-0.15, -0.1) is 0 Å². The van der Waals surface area contributed by atoms with E-state index in [1.54, 1.807) is 0 Å². The molecule has 2 saturated carbocycles. The van der Waals surface area contributed by atoms with Gasteiger partial charge in [0.2, 0.25) is 0 Å². The molecule has 5 atom stereocenters. The maximum absolute atomic E-state index is 9.36. The second-order valence-electron chi connectivity index (χ2n) is 5.06. The predicted molar refractivity (Wildman–Crippen MR) is 49.3 cm³/mol. The smallest absolute Gasteiger partial charge is 0.0637 e. The van der Waals surface area contributed by atoms with E-state index in [4.69, 9.17) is 4.74 Å². The summed E-state index contributed by atoms with van der Waals surface area (Å²) in [7, 11) is 0. The van der Waals surface area contributed by atoms with Crippen molar-refractivity contribution in [3.63, 3.8) is 0 Å². The fraction of sp³-hybridized carbons (Fsp3) is 1.00. The molecule has 0 aromatic rings.